The van der Waals surface area contributed by atoms with Crippen LogP contribution in [0.4, 0.5) is 5.69 Å². The molecule has 3 aromatic rings. The zero-order chi connectivity index (χ0) is 19.7. The molecule has 0 atom stereocenters. The average Bonchev–Trinajstić information content (AvgIpc) is 2.84. The van der Waals surface area contributed by atoms with Crippen molar-refractivity contribution in [1.82, 2.24) is 9.88 Å². The van der Waals surface area contributed by atoms with Gasteiger partial charge in [0.2, 0.25) is 5.91 Å². The normalized spacial score (nSPS) is 13.3. The topological polar surface area (TPSA) is 55.3 Å². The minimum atomic E-state index is -0.0897. The van der Waals surface area contributed by atoms with Crippen LogP contribution in [0.2, 0.25) is 10.0 Å². The summed E-state index contributed by atoms with van der Waals surface area (Å²) >= 11 is 12.8. The summed E-state index contributed by atoms with van der Waals surface area (Å²) in [6.07, 6.45) is 1.70. The second kappa shape index (κ2) is 9.26. The number of fused-ring (bicyclic) bond motifs is 3. The quantitative estimate of drug-likeness (QED) is 0.600. The van der Waals surface area contributed by atoms with Crippen LogP contribution in [0.25, 0.3) is 10.9 Å². The molecule has 0 saturated heterocycles. The highest BCUT2D eigenvalue weighted by atomic mass is 35.5. The molecule has 2 heterocycles. The second-order valence-corrected chi connectivity index (χ2v) is 7.58. The average molecular weight is 455 g/mol. The fourth-order valence-corrected chi connectivity index (χ4v) is 4.24. The predicted molar refractivity (Wildman–Crippen MR) is 121 cm³/mol. The van der Waals surface area contributed by atoms with Crippen LogP contribution in [0.1, 0.15) is 11.3 Å². The number of aromatic nitrogens is 1. The highest BCUT2D eigenvalue weighted by Gasteiger charge is 2.23. The fraction of sp³-hybridized carbons (Fsp3) is 0.286. The first-order valence-corrected chi connectivity index (χ1v) is 9.96. The van der Waals surface area contributed by atoms with Gasteiger partial charge in [-0.2, -0.15) is 0 Å². The number of anilines is 1. The van der Waals surface area contributed by atoms with E-state index in [9.17, 15) is 4.79 Å². The maximum Gasteiger partial charge on any atom is 0.244 e. The molecule has 154 valence electrons. The van der Waals surface area contributed by atoms with E-state index in [1.54, 1.807) is 13.2 Å². The van der Waals surface area contributed by atoms with Gasteiger partial charge in [-0.3, -0.25) is 4.79 Å². The molecule has 8 heteroatoms. The summed E-state index contributed by atoms with van der Waals surface area (Å²) in [5, 5.41) is 8.42. The number of carbonyl (C=O) groups excluding carboxylic acids is 1. The van der Waals surface area contributed by atoms with Gasteiger partial charge in [-0.25, -0.2) is 0 Å². The monoisotopic (exact) mass is 453 g/mol. The molecular weight excluding hydrogens is 433 g/mol. The van der Waals surface area contributed by atoms with Crippen molar-refractivity contribution in [3.05, 3.63) is 57.7 Å². The number of hydrogen-bond donors (Lipinski definition) is 2. The molecule has 0 spiro atoms. The Balaban J connectivity index is 0.00000240. The number of halogens is 3. The number of rotatable bonds is 4. The molecule has 1 amide bonds. The zero-order valence-electron chi connectivity index (χ0n) is 15.9. The van der Waals surface area contributed by atoms with Crippen molar-refractivity contribution in [1.29, 1.82) is 0 Å². The summed E-state index contributed by atoms with van der Waals surface area (Å²) in [6, 6.07) is 11.0. The highest BCUT2D eigenvalue weighted by molar-refractivity contribution is 6.45. The molecule has 0 saturated carbocycles. The molecule has 1 aliphatic heterocycles. The number of nitrogens with zero attached hydrogens (tertiary/aromatic N) is 1. The minimum absolute atomic E-state index is 0. The van der Waals surface area contributed by atoms with E-state index < -0.39 is 0 Å². The number of ether oxygens (including phenoxy) is 1. The fourth-order valence-electron chi connectivity index (χ4n) is 3.80. The lowest BCUT2D eigenvalue weighted by Gasteiger charge is -2.12. The Bertz CT molecular complexity index is 1030. The van der Waals surface area contributed by atoms with Crippen LogP contribution in [0.3, 0.4) is 0 Å². The Morgan fingerprint density at radius 2 is 1.86 bits per heavy atom. The Morgan fingerprint density at radius 3 is 2.59 bits per heavy atom. The first-order chi connectivity index (χ1) is 13.6. The predicted octanol–water partition coefficient (Wildman–Crippen LogP) is 4.71. The first kappa shape index (κ1) is 21.8. The summed E-state index contributed by atoms with van der Waals surface area (Å²) in [5.74, 6) is 0.659. The van der Waals surface area contributed by atoms with Crippen molar-refractivity contribution in [3.63, 3.8) is 0 Å². The summed E-state index contributed by atoms with van der Waals surface area (Å²) in [5.41, 5.74) is 4.01. The number of benzene rings is 2. The third-order valence-electron chi connectivity index (χ3n) is 5.11. The van der Waals surface area contributed by atoms with Crippen LogP contribution in [-0.4, -0.2) is 30.7 Å². The van der Waals surface area contributed by atoms with E-state index >= 15 is 0 Å². The molecule has 0 bridgehead atoms. The number of nitrogens with one attached hydrogen (secondary N) is 2. The van der Waals surface area contributed by atoms with Gasteiger partial charge < -0.3 is 19.9 Å². The molecule has 2 aromatic carbocycles. The molecule has 1 aliphatic rings. The number of amides is 1. The highest BCUT2D eigenvalue weighted by Crippen LogP contribution is 2.37. The number of hydrogen-bond acceptors (Lipinski definition) is 3. The third kappa shape index (κ3) is 4.33. The summed E-state index contributed by atoms with van der Waals surface area (Å²) < 4.78 is 7.22. The molecule has 0 aliphatic carbocycles. The van der Waals surface area contributed by atoms with Gasteiger partial charge in [-0.1, -0.05) is 23.2 Å². The van der Waals surface area contributed by atoms with E-state index in [-0.39, 0.29) is 24.9 Å². The van der Waals surface area contributed by atoms with Gasteiger partial charge in [0.05, 0.1) is 22.7 Å². The lowest BCUT2D eigenvalue weighted by atomic mass is 10.1. The van der Waals surface area contributed by atoms with E-state index in [2.05, 4.69) is 15.2 Å². The molecule has 2 N–H and O–H groups in total. The van der Waals surface area contributed by atoms with Gasteiger partial charge in [0.25, 0.3) is 0 Å². The van der Waals surface area contributed by atoms with Crippen molar-refractivity contribution >= 4 is 58.1 Å². The van der Waals surface area contributed by atoms with Crippen LogP contribution in [0.15, 0.2) is 36.4 Å². The lowest BCUT2D eigenvalue weighted by Crippen LogP contribution is -2.21. The van der Waals surface area contributed by atoms with Crippen molar-refractivity contribution in [2.45, 2.75) is 19.4 Å². The number of carbonyl (C=O) groups is 1. The van der Waals surface area contributed by atoms with E-state index in [0.29, 0.717) is 10.0 Å². The van der Waals surface area contributed by atoms with Crippen LogP contribution < -0.4 is 15.4 Å². The summed E-state index contributed by atoms with van der Waals surface area (Å²) in [7, 11) is 1.61. The Morgan fingerprint density at radius 1 is 1.14 bits per heavy atom. The molecular formula is C21H22Cl3N3O2. The largest absolute Gasteiger partial charge is 0.497 e. The van der Waals surface area contributed by atoms with Crippen molar-refractivity contribution in [3.8, 4) is 5.75 Å². The van der Waals surface area contributed by atoms with Gasteiger partial charge in [0.15, 0.2) is 0 Å². The zero-order valence-corrected chi connectivity index (χ0v) is 18.3. The molecule has 0 radical (unpaired) electrons. The Kier molecular flexibility index (Phi) is 6.96. The lowest BCUT2D eigenvalue weighted by molar-refractivity contribution is -0.116. The SMILES string of the molecule is COc1ccc(NC(=O)Cn2c3c(c4c(Cl)c(Cl)ccc42)CCNCC3)cc1.Cl. The molecule has 1 aromatic heterocycles. The van der Waals surface area contributed by atoms with Gasteiger partial charge in [0.1, 0.15) is 12.3 Å². The van der Waals surface area contributed by atoms with Gasteiger partial charge >= 0.3 is 0 Å². The van der Waals surface area contributed by atoms with Crippen LogP contribution in [-0.2, 0) is 24.2 Å². The van der Waals surface area contributed by atoms with Crippen LogP contribution >= 0.6 is 35.6 Å². The van der Waals surface area contributed by atoms with Crippen LogP contribution in [0.5, 0.6) is 5.75 Å². The smallest absolute Gasteiger partial charge is 0.244 e. The van der Waals surface area contributed by atoms with E-state index in [4.69, 9.17) is 27.9 Å². The van der Waals surface area contributed by atoms with Gasteiger partial charge in [-0.15, -0.1) is 12.4 Å². The summed E-state index contributed by atoms with van der Waals surface area (Å²) in [4.78, 5) is 12.8. The maximum absolute atomic E-state index is 12.8. The second-order valence-electron chi connectivity index (χ2n) is 6.79. The molecule has 0 unspecified atom stereocenters. The number of methoxy groups -OCH3 is 1. The molecule has 29 heavy (non-hydrogen) atoms. The van der Waals surface area contributed by atoms with Gasteiger partial charge in [-0.05, 0) is 54.9 Å². The molecule has 0 fully saturated rings. The Hall–Kier alpha value is -1.92. The van der Waals surface area contributed by atoms with Crippen molar-refractivity contribution < 1.29 is 9.53 Å². The van der Waals surface area contributed by atoms with Crippen LogP contribution in [0, 0.1) is 0 Å². The molecule has 4 rings (SSSR count). The summed E-state index contributed by atoms with van der Waals surface area (Å²) in [6.45, 7) is 1.97. The standard InChI is InChI=1S/C21H21Cl2N3O2.ClH/c1-28-14-4-2-13(3-5-14)25-19(27)12-26-17-9-11-24-10-8-15(17)20-18(26)7-6-16(22)21(20)23;/h2-7,24H,8-12H2,1H3,(H,25,27);1H. The van der Waals surface area contributed by atoms with E-state index in [0.717, 1.165) is 54.0 Å². The minimum Gasteiger partial charge on any atom is -0.497 e. The maximum atomic E-state index is 12.8. The first-order valence-electron chi connectivity index (χ1n) is 9.21. The molecule has 5 nitrogen and oxygen atoms in total. The third-order valence-corrected chi connectivity index (χ3v) is 5.91. The van der Waals surface area contributed by atoms with Crippen molar-refractivity contribution in [2.75, 3.05) is 25.5 Å². The van der Waals surface area contributed by atoms with E-state index in [1.165, 1.54) is 5.56 Å². The van der Waals surface area contributed by atoms with Crippen molar-refractivity contribution in [2.24, 2.45) is 0 Å². The van der Waals surface area contributed by atoms with Gasteiger partial charge in [0, 0.05) is 29.7 Å². The van der Waals surface area contributed by atoms with E-state index in [1.807, 2.05) is 30.3 Å². The Labute approximate surface area is 185 Å².